The average Bonchev–Trinajstić information content (AvgIpc) is 2.89. The predicted octanol–water partition coefficient (Wildman–Crippen LogP) is 1.93. The fraction of sp³-hybridized carbons (Fsp3) is 0.500. The summed E-state index contributed by atoms with van der Waals surface area (Å²) in [5.74, 6) is 1.28. The first-order valence-corrected chi connectivity index (χ1v) is 7.47. The van der Waals surface area contributed by atoms with Crippen molar-refractivity contribution in [2.24, 2.45) is 0 Å². The summed E-state index contributed by atoms with van der Waals surface area (Å²) in [6.07, 6.45) is 2.35. The van der Waals surface area contributed by atoms with Crippen molar-refractivity contribution in [1.29, 1.82) is 0 Å². The van der Waals surface area contributed by atoms with Crippen molar-refractivity contribution in [3.63, 3.8) is 0 Å². The number of β-amino-alcohol motifs (C(OH)–C–C–N with tert-alkyl or cyclic N) is 1. The van der Waals surface area contributed by atoms with Crippen LogP contribution in [-0.2, 0) is 13.0 Å². The Kier molecular flexibility index (Phi) is 4.31. The predicted molar refractivity (Wildman–Crippen MR) is 78.8 cm³/mol. The first-order chi connectivity index (χ1) is 10.2. The van der Waals surface area contributed by atoms with Crippen LogP contribution < -0.4 is 0 Å². The maximum Gasteiger partial charge on any atom is 0.230 e. The van der Waals surface area contributed by atoms with Gasteiger partial charge in [-0.2, -0.15) is 0 Å². The van der Waals surface area contributed by atoms with Crippen molar-refractivity contribution in [2.75, 3.05) is 13.1 Å². The molecule has 2 aromatic rings. The van der Waals surface area contributed by atoms with Gasteiger partial charge < -0.3 is 9.52 Å². The Morgan fingerprint density at radius 1 is 1.29 bits per heavy atom. The molecule has 1 saturated heterocycles. The molecule has 1 aliphatic heterocycles. The van der Waals surface area contributed by atoms with E-state index in [1.807, 2.05) is 12.1 Å². The number of aliphatic hydroxyl groups excluding tert-OH is 1. The third-order valence-electron chi connectivity index (χ3n) is 3.95. The normalized spacial score (nSPS) is 19.8. The van der Waals surface area contributed by atoms with Gasteiger partial charge in [0.1, 0.15) is 0 Å². The van der Waals surface area contributed by atoms with Gasteiger partial charge >= 0.3 is 0 Å². The molecule has 1 N–H and O–H groups in total. The highest BCUT2D eigenvalue weighted by Gasteiger charge is 2.19. The Morgan fingerprint density at radius 2 is 2.10 bits per heavy atom. The lowest BCUT2D eigenvalue weighted by Gasteiger charge is -2.28. The lowest BCUT2D eigenvalue weighted by atomic mass is 10.1. The molecule has 1 aliphatic rings. The van der Waals surface area contributed by atoms with Gasteiger partial charge in [-0.25, -0.2) is 0 Å². The van der Waals surface area contributed by atoms with Crippen LogP contribution in [0.4, 0.5) is 0 Å². The zero-order chi connectivity index (χ0) is 14.7. The molecule has 0 spiro atoms. The van der Waals surface area contributed by atoms with Crippen molar-refractivity contribution in [3.05, 3.63) is 47.2 Å². The summed E-state index contributed by atoms with van der Waals surface area (Å²) in [6, 6.07) is 8.22. The number of piperidine rings is 1. The molecule has 1 aromatic carbocycles. The fourth-order valence-electron chi connectivity index (χ4n) is 2.76. The van der Waals surface area contributed by atoms with Crippen molar-refractivity contribution in [3.8, 4) is 0 Å². The molecule has 1 atom stereocenters. The van der Waals surface area contributed by atoms with Gasteiger partial charge in [0.15, 0.2) is 0 Å². The summed E-state index contributed by atoms with van der Waals surface area (Å²) in [5.41, 5.74) is 2.44. The van der Waals surface area contributed by atoms with Crippen molar-refractivity contribution >= 4 is 0 Å². The van der Waals surface area contributed by atoms with E-state index in [1.54, 1.807) is 0 Å². The molecule has 2 heterocycles. The largest absolute Gasteiger partial charge is 0.424 e. The van der Waals surface area contributed by atoms with Crippen LogP contribution in [-0.4, -0.2) is 39.4 Å². The van der Waals surface area contributed by atoms with Crippen LogP contribution >= 0.6 is 0 Å². The number of hydrogen-bond acceptors (Lipinski definition) is 5. The Bertz CT molecular complexity index is 597. The first kappa shape index (κ1) is 14.2. The molecular weight excluding hydrogens is 266 g/mol. The molecule has 0 amide bonds. The molecule has 1 fully saturated rings. The number of aryl methyl sites for hydroxylation is 1. The summed E-state index contributed by atoms with van der Waals surface area (Å²) in [5, 5.41) is 17.9. The van der Waals surface area contributed by atoms with Gasteiger partial charge in [-0.05, 0) is 37.4 Å². The van der Waals surface area contributed by atoms with Crippen molar-refractivity contribution in [1.82, 2.24) is 15.1 Å². The molecular formula is C16H21N3O2. The summed E-state index contributed by atoms with van der Waals surface area (Å²) in [4.78, 5) is 2.17. The number of aliphatic hydroxyl groups is 1. The third-order valence-corrected chi connectivity index (χ3v) is 3.95. The van der Waals surface area contributed by atoms with E-state index < -0.39 is 0 Å². The van der Waals surface area contributed by atoms with Crippen LogP contribution in [0.3, 0.4) is 0 Å². The van der Waals surface area contributed by atoms with Gasteiger partial charge in [-0.15, -0.1) is 10.2 Å². The number of nitrogens with zero attached hydrogens (tertiary/aromatic N) is 3. The van der Waals surface area contributed by atoms with Crippen LogP contribution in [0.25, 0.3) is 0 Å². The molecule has 0 aliphatic carbocycles. The summed E-state index contributed by atoms with van der Waals surface area (Å²) < 4.78 is 5.74. The molecule has 0 saturated carbocycles. The number of rotatable bonds is 4. The zero-order valence-corrected chi connectivity index (χ0v) is 12.3. The highest BCUT2D eigenvalue weighted by atomic mass is 16.4. The van der Waals surface area contributed by atoms with Gasteiger partial charge in [-0.3, -0.25) is 4.90 Å². The maximum atomic E-state index is 9.68. The summed E-state index contributed by atoms with van der Waals surface area (Å²) in [6.45, 7) is 4.38. The minimum Gasteiger partial charge on any atom is -0.424 e. The van der Waals surface area contributed by atoms with E-state index in [0.717, 1.165) is 19.4 Å². The van der Waals surface area contributed by atoms with Gasteiger partial charge in [-0.1, -0.05) is 24.3 Å². The van der Waals surface area contributed by atoms with Crippen LogP contribution in [0.1, 0.15) is 35.7 Å². The number of hydrogen-bond donors (Lipinski definition) is 1. The van der Waals surface area contributed by atoms with Crippen LogP contribution in [0.5, 0.6) is 0 Å². The molecule has 112 valence electrons. The molecule has 1 unspecified atom stereocenters. The quantitative estimate of drug-likeness (QED) is 0.931. The van der Waals surface area contributed by atoms with Gasteiger partial charge in [0, 0.05) is 6.54 Å². The lowest BCUT2D eigenvalue weighted by Crippen LogP contribution is -2.37. The second kappa shape index (κ2) is 6.37. The van der Waals surface area contributed by atoms with E-state index in [9.17, 15) is 5.11 Å². The Morgan fingerprint density at radius 3 is 2.90 bits per heavy atom. The zero-order valence-electron chi connectivity index (χ0n) is 12.3. The summed E-state index contributed by atoms with van der Waals surface area (Å²) in [7, 11) is 0. The standard InChI is InChI=1S/C16H21N3O2/c1-12-5-2-3-6-13(12)9-15-17-18-16(21-15)11-19-8-4-7-14(20)10-19/h2-3,5-6,14,20H,4,7-11H2,1H3. The van der Waals surface area contributed by atoms with Gasteiger partial charge in [0.2, 0.25) is 11.8 Å². The van der Waals surface area contributed by atoms with E-state index in [4.69, 9.17) is 4.42 Å². The number of likely N-dealkylation sites (tertiary alicyclic amines) is 1. The second-order valence-electron chi connectivity index (χ2n) is 5.72. The Balaban J connectivity index is 1.62. The monoisotopic (exact) mass is 287 g/mol. The van der Waals surface area contributed by atoms with E-state index in [2.05, 4.69) is 34.2 Å². The molecule has 3 rings (SSSR count). The lowest BCUT2D eigenvalue weighted by molar-refractivity contribution is 0.0622. The number of aromatic nitrogens is 2. The third kappa shape index (κ3) is 3.68. The summed E-state index contributed by atoms with van der Waals surface area (Å²) >= 11 is 0. The molecule has 5 heteroatoms. The fourth-order valence-corrected chi connectivity index (χ4v) is 2.76. The van der Waals surface area contributed by atoms with Gasteiger partial charge in [0.25, 0.3) is 0 Å². The topological polar surface area (TPSA) is 62.4 Å². The highest BCUT2D eigenvalue weighted by Crippen LogP contribution is 2.15. The van der Waals surface area contributed by atoms with E-state index >= 15 is 0 Å². The van der Waals surface area contributed by atoms with Crippen molar-refractivity contribution in [2.45, 2.75) is 38.8 Å². The van der Waals surface area contributed by atoms with E-state index in [1.165, 1.54) is 11.1 Å². The number of benzene rings is 1. The van der Waals surface area contributed by atoms with Crippen molar-refractivity contribution < 1.29 is 9.52 Å². The SMILES string of the molecule is Cc1ccccc1Cc1nnc(CN2CCCC(O)C2)o1. The van der Waals surface area contributed by atoms with Crippen LogP contribution in [0.15, 0.2) is 28.7 Å². The Hall–Kier alpha value is -1.72. The second-order valence-corrected chi connectivity index (χ2v) is 5.72. The maximum absolute atomic E-state index is 9.68. The Labute approximate surface area is 124 Å². The minimum absolute atomic E-state index is 0.229. The molecule has 0 bridgehead atoms. The van der Waals surface area contributed by atoms with Crippen LogP contribution in [0.2, 0.25) is 0 Å². The highest BCUT2D eigenvalue weighted by molar-refractivity contribution is 5.27. The molecule has 21 heavy (non-hydrogen) atoms. The smallest absolute Gasteiger partial charge is 0.230 e. The van der Waals surface area contributed by atoms with Gasteiger partial charge in [0.05, 0.1) is 19.1 Å². The molecule has 5 nitrogen and oxygen atoms in total. The van der Waals surface area contributed by atoms with E-state index in [0.29, 0.717) is 31.3 Å². The minimum atomic E-state index is -0.229. The molecule has 1 aromatic heterocycles. The average molecular weight is 287 g/mol. The first-order valence-electron chi connectivity index (χ1n) is 7.47. The van der Waals surface area contributed by atoms with E-state index in [-0.39, 0.29) is 6.10 Å². The van der Waals surface area contributed by atoms with Crippen LogP contribution in [0, 0.1) is 6.92 Å². The molecule has 0 radical (unpaired) electrons.